The van der Waals surface area contributed by atoms with E-state index in [9.17, 15) is 13.2 Å². The molecule has 5 nitrogen and oxygen atoms in total. The molecule has 19 heavy (non-hydrogen) atoms. The molecule has 6 heteroatoms. The zero-order valence-electron chi connectivity index (χ0n) is 10.8. The molecule has 0 heterocycles. The van der Waals surface area contributed by atoms with Gasteiger partial charge in [-0.25, -0.2) is 13.1 Å². The van der Waals surface area contributed by atoms with E-state index in [0.717, 1.165) is 12.8 Å². The van der Waals surface area contributed by atoms with Crippen LogP contribution in [0.5, 0.6) is 0 Å². The highest BCUT2D eigenvalue weighted by atomic mass is 32.2. The summed E-state index contributed by atoms with van der Waals surface area (Å²) in [7, 11) is -3.53. The van der Waals surface area contributed by atoms with Gasteiger partial charge in [0.25, 0.3) is 0 Å². The lowest BCUT2D eigenvalue weighted by atomic mass is 10.2. The van der Waals surface area contributed by atoms with Crippen molar-refractivity contribution < 1.29 is 13.2 Å². The third-order valence-electron chi connectivity index (χ3n) is 2.97. The minimum absolute atomic E-state index is 0.102. The number of amides is 1. The highest BCUT2D eigenvalue weighted by Crippen LogP contribution is 2.18. The summed E-state index contributed by atoms with van der Waals surface area (Å²) in [5, 5.41) is 2.82. The van der Waals surface area contributed by atoms with Gasteiger partial charge in [0.1, 0.15) is 0 Å². The van der Waals surface area contributed by atoms with Crippen molar-refractivity contribution in [2.24, 2.45) is 0 Å². The SMILES string of the molecule is Cc1ccccc1S(=O)(=O)NCCC(=O)NC1CC1. The van der Waals surface area contributed by atoms with Crippen molar-refractivity contribution in [1.82, 2.24) is 10.0 Å². The first-order valence-corrected chi connectivity index (χ1v) is 7.82. The van der Waals surface area contributed by atoms with Crippen molar-refractivity contribution in [3.05, 3.63) is 29.8 Å². The maximum Gasteiger partial charge on any atom is 0.240 e. The van der Waals surface area contributed by atoms with Gasteiger partial charge in [0.15, 0.2) is 0 Å². The molecule has 0 spiro atoms. The average molecular weight is 282 g/mol. The summed E-state index contributed by atoms with van der Waals surface area (Å²) in [5.41, 5.74) is 0.692. The van der Waals surface area contributed by atoms with Crippen LogP contribution in [0.3, 0.4) is 0 Å². The van der Waals surface area contributed by atoms with Gasteiger partial charge in [-0.15, -0.1) is 0 Å². The molecule has 0 aromatic heterocycles. The molecule has 0 bridgehead atoms. The Bertz CT molecular complexity index is 565. The molecular formula is C13H18N2O3S. The van der Waals surface area contributed by atoms with Crippen LogP contribution in [0, 0.1) is 6.92 Å². The maximum atomic E-state index is 12.0. The Morgan fingerprint density at radius 2 is 2.00 bits per heavy atom. The van der Waals surface area contributed by atoms with Gasteiger partial charge in [-0.2, -0.15) is 0 Å². The number of nitrogens with one attached hydrogen (secondary N) is 2. The van der Waals surface area contributed by atoms with Gasteiger partial charge in [-0.1, -0.05) is 18.2 Å². The smallest absolute Gasteiger partial charge is 0.240 e. The fourth-order valence-electron chi connectivity index (χ4n) is 1.76. The predicted molar refractivity (Wildman–Crippen MR) is 72.1 cm³/mol. The van der Waals surface area contributed by atoms with Crippen molar-refractivity contribution in [2.75, 3.05) is 6.54 Å². The van der Waals surface area contributed by atoms with Crippen LogP contribution in [-0.4, -0.2) is 26.9 Å². The molecule has 1 aromatic rings. The van der Waals surface area contributed by atoms with Gasteiger partial charge in [0.2, 0.25) is 15.9 Å². The molecule has 0 radical (unpaired) electrons. The minimum Gasteiger partial charge on any atom is -0.353 e. The second-order valence-electron chi connectivity index (χ2n) is 4.76. The summed E-state index contributed by atoms with van der Waals surface area (Å²) in [4.78, 5) is 11.7. The van der Waals surface area contributed by atoms with Crippen LogP contribution in [0.15, 0.2) is 29.2 Å². The van der Waals surface area contributed by atoms with Crippen molar-refractivity contribution in [1.29, 1.82) is 0 Å². The first-order chi connectivity index (χ1) is 8.99. The molecule has 0 unspecified atom stereocenters. The van der Waals surface area contributed by atoms with Crippen molar-refractivity contribution in [3.63, 3.8) is 0 Å². The summed E-state index contributed by atoms with van der Waals surface area (Å²) in [5.74, 6) is -0.102. The molecule has 1 amide bonds. The number of aryl methyl sites for hydroxylation is 1. The lowest BCUT2D eigenvalue weighted by molar-refractivity contribution is -0.121. The number of sulfonamides is 1. The predicted octanol–water partition coefficient (Wildman–Crippen LogP) is 0.942. The Kier molecular flexibility index (Phi) is 4.21. The number of hydrogen-bond acceptors (Lipinski definition) is 3. The average Bonchev–Trinajstić information content (AvgIpc) is 3.13. The maximum absolute atomic E-state index is 12.0. The summed E-state index contributed by atoms with van der Waals surface area (Å²) in [6.07, 6.45) is 2.23. The summed E-state index contributed by atoms with van der Waals surface area (Å²) in [6, 6.07) is 7.08. The third kappa shape index (κ3) is 4.04. The summed E-state index contributed by atoms with van der Waals surface area (Å²) >= 11 is 0. The van der Waals surface area contributed by atoms with E-state index >= 15 is 0 Å². The van der Waals surface area contributed by atoms with Crippen LogP contribution in [0.2, 0.25) is 0 Å². The number of carbonyl (C=O) groups excluding carboxylic acids is 1. The molecule has 1 aliphatic rings. The number of benzene rings is 1. The van der Waals surface area contributed by atoms with Gasteiger partial charge >= 0.3 is 0 Å². The van der Waals surface area contributed by atoms with Gasteiger partial charge in [0.05, 0.1) is 4.90 Å². The van der Waals surface area contributed by atoms with Crippen LogP contribution < -0.4 is 10.0 Å². The Hall–Kier alpha value is -1.40. The van der Waals surface area contributed by atoms with E-state index in [1.807, 2.05) is 0 Å². The zero-order chi connectivity index (χ0) is 13.9. The quantitative estimate of drug-likeness (QED) is 0.815. The lowest BCUT2D eigenvalue weighted by Gasteiger charge is -2.09. The van der Waals surface area contributed by atoms with E-state index in [2.05, 4.69) is 10.0 Å². The van der Waals surface area contributed by atoms with E-state index in [1.54, 1.807) is 31.2 Å². The third-order valence-corrected chi connectivity index (χ3v) is 4.59. The van der Waals surface area contributed by atoms with Crippen LogP contribution in [0.1, 0.15) is 24.8 Å². The Balaban J connectivity index is 1.87. The number of carbonyl (C=O) groups is 1. The van der Waals surface area contributed by atoms with Crippen LogP contribution in [0.25, 0.3) is 0 Å². The topological polar surface area (TPSA) is 75.3 Å². The fourth-order valence-corrected chi connectivity index (χ4v) is 3.04. The molecule has 104 valence electrons. The van der Waals surface area contributed by atoms with E-state index < -0.39 is 10.0 Å². The van der Waals surface area contributed by atoms with Gasteiger partial charge in [-0.3, -0.25) is 4.79 Å². The van der Waals surface area contributed by atoms with E-state index in [-0.39, 0.29) is 23.8 Å². The number of hydrogen-bond donors (Lipinski definition) is 2. The second kappa shape index (κ2) is 5.71. The Morgan fingerprint density at radius 3 is 2.63 bits per heavy atom. The second-order valence-corrected chi connectivity index (χ2v) is 6.49. The number of rotatable bonds is 6. The molecular weight excluding hydrogens is 264 g/mol. The molecule has 0 atom stereocenters. The van der Waals surface area contributed by atoms with Gasteiger partial charge in [-0.05, 0) is 31.4 Å². The molecule has 1 fully saturated rings. The molecule has 1 aliphatic carbocycles. The lowest BCUT2D eigenvalue weighted by Crippen LogP contribution is -2.31. The van der Waals surface area contributed by atoms with Crippen molar-refractivity contribution in [2.45, 2.75) is 37.1 Å². The molecule has 0 aliphatic heterocycles. The van der Waals surface area contributed by atoms with Crippen LogP contribution in [0.4, 0.5) is 0 Å². The largest absolute Gasteiger partial charge is 0.353 e. The van der Waals surface area contributed by atoms with Crippen LogP contribution >= 0.6 is 0 Å². The van der Waals surface area contributed by atoms with E-state index in [1.165, 1.54) is 0 Å². The van der Waals surface area contributed by atoms with Gasteiger partial charge in [0, 0.05) is 19.0 Å². The first kappa shape index (κ1) is 14.0. The zero-order valence-corrected chi connectivity index (χ0v) is 11.7. The molecule has 2 rings (SSSR count). The Labute approximate surface area is 113 Å². The summed E-state index contributed by atoms with van der Waals surface area (Å²) < 4.78 is 26.5. The van der Waals surface area contributed by atoms with Crippen molar-refractivity contribution in [3.8, 4) is 0 Å². The molecule has 1 saturated carbocycles. The summed E-state index contributed by atoms with van der Waals surface area (Å²) in [6.45, 7) is 1.86. The Morgan fingerprint density at radius 1 is 1.32 bits per heavy atom. The van der Waals surface area contributed by atoms with E-state index in [4.69, 9.17) is 0 Å². The minimum atomic E-state index is -3.53. The van der Waals surface area contributed by atoms with Crippen LogP contribution in [-0.2, 0) is 14.8 Å². The molecule has 0 saturated heterocycles. The van der Waals surface area contributed by atoms with Crippen molar-refractivity contribution >= 4 is 15.9 Å². The standard InChI is InChI=1S/C13H18N2O3S/c1-10-4-2-3-5-12(10)19(17,18)14-9-8-13(16)15-11-6-7-11/h2-5,11,14H,6-9H2,1H3,(H,15,16). The van der Waals surface area contributed by atoms with E-state index in [0.29, 0.717) is 11.6 Å². The highest BCUT2D eigenvalue weighted by Gasteiger charge is 2.23. The first-order valence-electron chi connectivity index (χ1n) is 6.34. The highest BCUT2D eigenvalue weighted by molar-refractivity contribution is 7.89. The molecule has 1 aromatic carbocycles. The molecule has 2 N–H and O–H groups in total. The monoisotopic (exact) mass is 282 g/mol. The van der Waals surface area contributed by atoms with Gasteiger partial charge < -0.3 is 5.32 Å². The normalized spacial score (nSPS) is 15.2. The fraction of sp³-hybridized carbons (Fsp3) is 0.462.